The fraction of sp³-hybridized carbons (Fsp3) is 0. The molecule has 5 heteroatoms. The molecule has 0 amide bonds. The normalized spacial score (nSPS) is 12.3. The number of ether oxygens (including phenoxy) is 1. The summed E-state index contributed by atoms with van der Waals surface area (Å²) in [4.78, 5) is 1.99. The SMILES string of the molecule is N#Cc1cc(C#N)c2c3c1Oc1ccc(-c4ccccc4)cc1B3c1cc(-c3ccccc3)ccc1S2. The summed E-state index contributed by atoms with van der Waals surface area (Å²) in [6.45, 7) is -0.155. The van der Waals surface area contributed by atoms with Crippen molar-refractivity contribution < 1.29 is 4.74 Å². The van der Waals surface area contributed by atoms with Crippen LogP contribution in [0.15, 0.2) is 113 Å². The molecule has 0 radical (unpaired) electrons. The lowest BCUT2D eigenvalue weighted by atomic mass is 9.35. The highest BCUT2D eigenvalue weighted by Gasteiger charge is 2.41. The van der Waals surface area contributed by atoms with Crippen LogP contribution < -0.4 is 21.1 Å². The van der Waals surface area contributed by atoms with Gasteiger partial charge in [0.05, 0.1) is 11.1 Å². The first-order chi connectivity index (χ1) is 18.2. The Morgan fingerprint density at radius 1 is 0.622 bits per heavy atom. The predicted molar refractivity (Wildman–Crippen MR) is 148 cm³/mol. The second-order valence-electron chi connectivity index (χ2n) is 9.14. The highest BCUT2D eigenvalue weighted by Crippen LogP contribution is 2.41. The van der Waals surface area contributed by atoms with Crippen LogP contribution in [0.3, 0.4) is 0 Å². The third kappa shape index (κ3) is 3.37. The summed E-state index contributed by atoms with van der Waals surface area (Å²) >= 11 is 1.59. The molecule has 0 fully saturated rings. The highest BCUT2D eigenvalue weighted by molar-refractivity contribution is 8.00. The second kappa shape index (κ2) is 8.45. The van der Waals surface area contributed by atoms with Crippen LogP contribution in [-0.2, 0) is 0 Å². The highest BCUT2D eigenvalue weighted by atomic mass is 32.2. The van der Waals surface area contributed by atoms with Gasteiger partial charge in [-0.05, 0) is 51.4 Å². The van der Waals surface area contributed by atoms with Gasteiger partial charge < -0.3 is 4.74 Å². The molecular weight excluding hydrogens is 471 g/mol. The molecule has 0 aliphatic carbocycles. The maximum absolute atomic E-state index is 10.00. The maximum atomic E-state index is 10.00. The first kappa shape index (κ1) is 21.6. The van der Waals surface area contributed by atoms with Crippen LogP contribution in [0.5, 0.6) is 11.5 Å². The largest absolute Gasteiger partial charge is 0.457 e. The van der Waals surface area contributed by atoms with E-state index in [1.807, 2.05) is 42.5 Å². The summed E-state index contributed by atoms with van der Waals surface area (Å²) in [5.74, 6) is 1.30. The van der Waals surface area contributed by atoms with Gasteiger partial charge in [0.15, 0.2) is 0 Å². The van der Waals surface area contributed by atoms with Crippen molar-refractivity contribution in [1.82, 2.24) is 0 Å². The Balaban J connectivity index is 1.52. The van der Waals surface area contributed by atoms with Gasteiger partial charge in [0.25, 0.3) is 6.71 Å². The summed E-state index contributed by atoms with van der Waals surface area (Å²) in [5, 5.41) is 20.0. The van der Waals surface area contributed by atoms with Crippen molar-refractivity contribution >= 4 is 34.9 Å². The zero-order valence-electron chi connectivity index (χ0n) is 19.6. The molecule has 0 N–H and O–H groups in total. The zero-order valence-corrected chi connectivity index (χ0v) is 20.4. The monoisotopic (exact) mass is 488 g/mol. The van der Waals surface area contributed by atoms with Crippen LogP contribution >= 0.6 is 11.8 Å². The molecule has 0 bridgehead atoms. The number of hydrogen-bond donors (Lipinski definition) is 0. The number of hydrogen-bond acceptors (Lipinski definition) is 4. The van der Waals surface area contributed by atoms with Crippen molar-refractivity contribution in [2.45, 2.75) is 9.79 Å². The van der Waals surface area contributed by atoms with Gasteiger partial charge in [-0.1, -0.05) is 102 Å². The smallest absolute Gasteiger partial charge is 0.254 e. The standard InChI is InChI=1S/C32H17BN2OS/c34-18-24-15-25(19-35)32-30-31(24)36-28-13-11-22(20-7-3-1-4-8-20)16-26(28)33(30)27-17-23(12-14-29(27)37-32)21-9-5-2-6-10-21/h1-17H. The van der Waals surface area contributed by atoms with E-state index in [1.54, 1.807) is 17.8 Å². The Hall–Kier alpha value is -4.71. The predicted octanol–water partition coefficient (Wildman–Crippen LogP) is 5.85. The topological polar surface area (TPSA) is 56.8 Å². The van der Waals surface area contributed by atoms with Crippen LogP contribution in [0.2, 0.25) is 0 Å². The Kier molecular flexibility index (Phi) is 4.93. The van der Waals surface area contributed by atoms with E-state index in [4.69, 9.17) is 4.74 Å². The third-order valence-electron chi connectivity index (χ3n) is 7.08. The molecule has 0 saturated heterocycles. The Bertz CT molecular complexity index is 1670. The number of nitriles is 2. The molecule has 0 unspecified atom stereocenters. The fourth-order valence-corrected chi connectivity index (χ4v) is 6.56. The minimum atomic E-state index is -0.155. The van der Waals surface area contributed by atoms with E-state index in [0.717, 1.165) is 54.2 Å². The lowest BCUT2D eigenvalue weighted by Crippen LogP contribution is -2.58. The molecule has 2 aliphatic heterocycles. The van der Waals surface area contributed by atoms with Crippen LogP contribution in [0.25, 0.3) is 22.3 Å². The molecule has 5 aromatic carbocycles. The lowest BCUT2D eigenvalue weighted by Gasteiger charge is -2.34. The number of fused-ring (bicyclic) bond motifs is 4. The van der Waals surface area contributed by atoms with E-state index in [1.165, 1.54) is 0 Å². The number of rotatable bonds is 2. The van der Waals surface area contributed by atoms with Gasteiger partial charge in [0, 0.05) is 9.79 Å². The fourth-order valence-electron chi connectivity index (χ4n) is 5.37. The summed E-state index contributed by atoms with van der Waals surface area (Å²) in [6.07, 6.45) is 0. The van der Waals surface area contributed by atoms with E-state index < -0.39 is 0 Å². The minimum Gasteiger partial charge on any atom is -0.457 e. The third-order valence-corrected chi connectivity index (χ3v) is 8.31. The molecule has 0 atom stereocenters. The average Bonchev–Trinajstić information content (AvgIpc) is 2.97. The Labute approximate surface area is 219 Å². The van der Waals surface area contributed by atoms with Crippen molar-refractivity contribution in [1.29, 1.82) is 10.5 Å². The van der Waals surface area contributed by atoms with Gasteiger partial charge >= 0.3 is 0 Å². The van der Waals surface area contributed by atoms with E-state index in [-0.39, 0.29) is 6.71 Å². The van der Waals surface area contributed by atoms with Gasteiger partial charge in [-0.15, -0.1) is 0 Å². The Morgan fingerprint density at radius 2 is 1.24 bits per heavy atom. The van der Waals surface area contributed by atoms with Gasteiger partial charge in [0.1, 0.15) is 23.6 Å². The molecule has 7 rings (SSSR count). The lowest BCUT2D eigenvalue weighted by molar-refractivity contribution is 0.484. The molecule has 170 valence electrons. The van der Waals surface area contributed by atoms with Crippen molar-refractivity contribution in [2.75, 3.05) is 0 Å². The molecule has 0 saturated carbocycles. The molecule has 3 nitrogen and oxygen atoms in total. The van der Waals surface area contributed by atoms with Gasteiger partial charge in [-0.2, -0.15) is 10.5 Å². The van der Waals surface area contributed by atoms with E-state index >= 15 is 0 Å². The van der Waals surface area contributed by atoms with Crippen LogP contribution in [-0.4, -0.2) is 6.71 Å². The number of nitrogens with zero attached hydrogens (tertiary/aromatic N) is 2. The molecule has 5 aromatic rings. The van der Waals surface area contributed by atoms with Gasteiger partial charge in [0.2, 0.25) is 0 Å². The van der Waals surface area contributed by atoms with Gasteiger partial charge in [-0.3, -0.25) is 0 Å². The second-order valence-corrected chi connectivity index (χ2v) is 10.2. The average molecular weight is 488 g/mol. The molecule has 2 heterocycles. The minimum absolute atomic E-state index is 0.155. The maximum Gasteiger partial charge on any atom is 0.254 e. The molecular formula is C32H17BN2OS. The molecule has 2 aliphatic rings. The van der Waals surface area contributed by atoms with Crippen LogP contribution in [0, 0.1) is 22.7 Å². The molecule has 37 heavy (non-hydrogen) atoms. The molecule has 0 spiro atoms. The van der Waals surface area contributed by atoms with E-state index in [2.05, 4.69) is 66.7 Å². The summed E-state index contributed by atoms with van der Waals surface area (Å²) in [6, 6.07) is 39.7. The summed E-state index contributed by atoms with van der Waals surface area (Å²) in [7, 11) is 0. The van der Waals surface area contributed by atoms with Crippen molar-refractivity contribution in [2.24, 2.45) is 0 Å². The first-order valence-corrected chi connectivity index (χ1v) is 12.8. The van der Waals surface area contributed by atoms with Crippen molar-refractivity contribution in [3.05, 3.63) is 114 Å². The van der Waals surface area contributed by atoms with Gasteiger partial charge in [-0.25, -0.2) is 0 Å². The van der Waals surface area contributed by atoms with E-state index in [0.29, 0.717) is 16.9 Å². The van der Waals surface area contributed by atoms with Crippen molar-refractivity contribution in [3.63, 3.8) is 0 Å². The van der Waals surface area contributed by atoms with Crippen molar-refractivity contribution in [3.8, 4) is 45.9 Å². The summed E-state index contributed by atoms with van der Waals surface area (Å²) in [5.41, 5.74) is 8.53. The molecule has 0 aromatic heterocycles. The number of benzene rings is 5. The van der Waals surface area contributed by atoms with Crippen LogP contribution in [0.4, 0.5) is 0 Å². The Morgan fingerprint density at radius 3 is 1.89 bits per heavy atom. The van der Waals surface area contributed by atoms with E-state index in [9.17, 15) is 10.5 Å². The van der Waals surface area contributed by atoms with Crippen LogP contribution in [0.1, 0.15) is 11.1 Å². The summed E-state index contributed by atoms with van der Waals surface area (Å²) < 4.78 is 6.42. The quantitative estimate of drug-likeness (QED) is 0.287. The zero-order chi connectivity index (χ0) is 24.9. The first-order valence-electron chi connectivity index (χ1n) is 12.0.